The topological polar surface area (TPSA) is 86.5 Å². The van der Waals surface area contributed by atoms with Gasteiger partial charge in [0.05, 0.1) is 38.0 Å². The molecular weight excluding hydrogens is 416 g/mol. The maximum Gasteiger partial charge on any atom is 0.161 e. The molecule has 2 aliphatic rings. The number of nitrogens with one attached hydrogen (secondary N) is 1. The van der Waals surface area contributed by atoms with Crippen molar-refractivity contribution >= 4 is 17.2 Å². The highest BCUT2D eigenvalue weighted by molar-refractivity contribution is 5.65. The molecule has 8 heteroatoms. The normalized spacial score (nSPS) is 16.7. The average Bonchev–Trinajstić information content (AvgIpc) is 2.84. The van der Waals surface area contributed by atoms with Crippen LogP contribution < -0.4 is 15.0 Å². The minimum absolute atomic E-state index is 0.503. The number of hydrogen-bond donors (Lipinski definition) is 1. The van der Waals surface area contributed by atoms with E-state index >= 15 is 0 Å². The predicted octanol–water partition coefficient (Wildman–Crippen LogP) is 3.29. The molecule has 168 valence electrons. The van der Waals surface area contributed by atoms with E-state index in [9.17, 15) is 5.26 Å². The van der Waals surface area contributed by atoms with E-state index in [1.165, 1.54) is 5.69 Å². The molecular formula is C25H26N6O2. The molecule has 1 aromatic heterocycles. The molecule has 0 amide bonds. The van der Waals surface area contributed by atoms with Gasteiger partial charge in [-0.3, -0.25) is 4.90 Å². The van der Waals surface area contributed by atoms with Gasteiger partial charge in [0.2, 0.25) is 0 Å². The third kappa shape index (κ3) is 4.75. The lowest BCUT2D eigenvalue weighted by Crippen LogP contribution is -2.56. The molecule has 33 heavy (non-hydrogen) atoms. The van der Waals surface area contributed by atoms with Gasteiger partial charge in [-0.2, -0.15) is 5.26 Å². The van der Waals surface area contributed by atoms with Crippen LogP contribution in [-0.4, -0.2) is 67.4 Å². The van der Waals surface area contributed by atoms with Crippen LogP contribution in [0.3, 0.4) is 0 Å². The van der Waals surface area contributed by atoms with Gasteiger partial charge in [0, 0.05) is 49.3 Å². The first-order valence-electron chi connectivity index (χ1n) is 11.1. The Kier molecular flexibility index (Phi) is 6.07. The Morgan fingerprint density at radius 2 is 1.85 bits per heavy atom. The highest BCUT2D eigenvalue weighted by atomic mass is 16.5. The van der Waals surface area contributed by atoms with Crippen LogP contribution in [0, 0.1) is 11.3 Å². The van der Waals surface area contributed by atoms with Crippen LogP contribution in [0.5, 0.6) is 5.75 Å². The number of benzene rings is 2. The Labute approximate surface area is 193 Å². The average molecular weight is 443 g/mol. The first-order chi connectivity index (χ1) is 16.2. The van der Waals surface area contributed by atoms with Crippen LogP contribution in [0.4, 0.5) is 17.2 Å². The third-order valence-electron chi connectivity index (χ3n) is 6.14. The summed E-state index contributed by atoms with van der Waals surface area (Å²) in [6, 6.07) is 18.3. The van der Waals surface area contributed by atoms with E-state index in [0.717, 1.165) is 50.6 Å². The van der Waals surface area contributed by atoms with Gasteiger partial charge in [-0.15, -0.1) is 0 Å². The van der Waals surface area contributed by atoms with Crippen LogP contribution in [-0.2, 0) is 4.74 Å². The summed E-state index contributed by atoms with van der Waals surface area (Å²) in [4.78, 5) is 14.0. The third-order valence-corrected chi connectivity index (χ3v) is 6.14. The van der Waals surface area contributed by atoms with Crippen molar-refractivity contribution < 1.29 is 9.47 Å². The fourth-order valence-electron chi connectivity index (χ4n) is 4.16. The van der Waals surface area contributed by atoms with Gasteiger partial charge in [-0.05, 0) is 48.5 Å². The van der Waals surface area contributed by atoms with E-state index in [0.29, 0.717) is 29.0 Å². The summed E-state index contributed by atoms with van der Waals surface area (Å²) < 4.78 is 10.6. The van der Waals surface area contributed by atoms with Gasteiger partial charge in [-0.1, -0.05) is 0 Å². The fourth-order valence-corrected chi connectivity index (χ4v) is 4.16. The van der Waals surface area contributed by atoms with Crippen molar-refractivity contribution in [2.45, 2.75) is 6.04 Å². The highest BCUT2D eigenvalue weighted by Crippen LogP contribution is 2.26. The standard InChI is InChI=1S/C25H26N6O2/c1-32-23-13-18(15-26)12-19(14-23)25-27-7-6-24(29-25)28-20-2-4-21(5-3-20)30-8-10-31(11-9-30)22-16-33-17-22/h2-7,12-14,22H,8-11,16-17H2,1H3,(H,27,28,29). The maximum atomic E-state index is 9.28. The molecule has 3 heterocycles. The number of nitrogens with zero attached hydrogens (tertiary/aromatic N) is 5. The van der Waals surface area contributed by atoms with E-state index in [4.69, 9.17) is 9.47 Å². The zero-order valence-electron chi connectivity index (χ0n) is 18.6. The van der Waals surface area contributed by atoms with Gasteiger partial charge in [-0.25, -0.2) is 9.97 Å². The highest BCUT2D eigenvalue weighted by Gasteiger charge is 2.28. The number of hydrogen-bond acceptors (Lipinski definition) is 8. The van der Waals surface area contributed by atoms with Crippen molar-refractivity contribution in [3.63, 3.8) is 0 Å². The summed E-state index contributed by atoms with van der Waals surface area (Å²) in [6.07, 6.45) is 1.71. The summed E-state index contributed by atoms with van der Waals surface area (Å²) in [6.45, 7) is 5.98. The molecule has 0 unspecified atom stereocenters. The van der Waals surface area contributed by atoms with Crippen LogP contribution in [0.1, 0.15) is 5.56 Å². The molecule has 0 aliphatic carbocycles. The molecule has 0 spiro atoms. The molecule has 2 saturated heterocycles. The zero-order chi connectivity index (χ0) is 22.6. The van der Waals surface area contributed by atoms with Crippen molar-refractivity contribution in [2.24, 2.45) is 0 Å². The first-order valence-corrected chi connectivity index (χ1v) is 11.1. The Balaban J connectivity index is 1.25. The summed E-state index contributed by atoms with van der Waals surface area (Å²) in [7, 11) is 1.58. The second-order valence-corrected chi connectivity index (χ2v) is 8.21. The van der Waals surface area contributed by atoms with Crippen LogP contribution in [0.25, 0.3) is 11.4 Å². The molecule has 0 radical (unpaired) electrons. The van der Waals surface area contributed by atoms with Gasteiger partial charge >= 0.3 is 0 Å². The zero-order valence-corrected chi connectivity index (χ0v) is 18.6. The van der Waals surface area contributed by atoms with Crippen molar-refractivity contribution in [3.8, 4) is 23.2 Å². The molecule has 2 aromatic carbocycles. The summed E-state index contributed by atoms with van der Waals surface area (Å²) in [5, 5.41) is 12.6. The van der Waals surface area contributed by atoms with Crippen molar-refractivity contribution in [3.05, 3.63) is 60.3 Å². The Hall–Kier alpha value is -3.67. The van der Waals surface area contributed by atoms with Gasteiger partial charge < -0.3 is 19.7 Å². The number of methoxy groups -OCH3 is 1. The molecule has 3 aromatic rings. The monoisotopic (exact) mass is 442 g/mol. The SMILES string of the molecule is COc1cc(C#N)cc(-c2nccc(Nc3ccc(N4CCN(C5COC5)CC4)cc3)n2)c1. The Bertz CT molecular complexity index is 1150. The molecule has 5 rings (SSSR count). The van der Waals surface area contributed by atoms with E-state index in [1.807, 2.05) is 12.1 Å². The van der Waals surface area contributed by atoms with E-state index in [2.05, 4.69) is 55.4 Å². The molecule has 1 N–H and O–H groups in total. The number of anilines is 3. The number of nitriles is 1. The Morgan fingerprint density at radius 1 is 1.06 bits per heavy atom. The van der Waals surface area contributed by atoms with E-state index in [-0.39, 0.29) is 0 Å². The quantitative estimate of drug-likeness (QED) is 0.622. The molecule has 2 aliphatic heterocycles. The molecule has 0 saturated carbocycles. The fraction of sp³-hybridized carbons (Fsp3) is 0.320. The molecule has 8 nitrogen and oxygen atoms in total. The summed E-state index contributed by atoms with van der Waals surface area (Å²) in [5.74, 6) is 1.82. The second kappa shape index (κ2) is 9.45. The van der Waals surface area contributed by atoms with Crippen LogP contribution in [0.15, 0.2) is 54.7 Å². The van der Waals surface area contributed by atoms with Crippen LogP contribution >= 0.6 is 0 Å². The smallest absolute Gasteiger partial charge is 0.161 e. The maximum absolute atomic E-state index is 9.28. The van der Waals surface area contributed by atoms with E-state index in [1.54, 1.807) is 25.4 Å². The van der Waals surface area contributed by atoms with Gasteiger partial charge in [0.1, 0.15) is 11.6 Å². The second-order valence-electron chi connectivity index (χ2n) is 8.21. The Morgan fingerprint density at radius 3 is 2.52 bits per heavy atom. The van der Waals surface area contributed by atoms with Crippen LogP contribution in [0.2, 0.25) is 0 Å². The first kappa shape index (κ1) is 21.2. The summed E-state index contributed by atoms with van der Waals surface area (Å²) in [5.41, 5.74) is 3.42. The number of piperazine rings is 1. The lowest BCUT2D eigenvalue weighted by atomic mass is 10.1. The van der Waals surface area contributed by atoms with Crippen molar-refractivity contribution in [2.75, 3.05) is 56.7 Å². The lowest BCUT2D eigenvalue weighted by Gasteiger charge is -2.43. The summed E-state index contributed by atoms with van der Waals surface area (Å²) >= 11 is 0. The largest absolute Gasteiger partial charge is 0.497 e. The van der Waals surface area contributed by atoms with E-state index < -0.39 is 0 Å². The lowest BCUT2D eigenvalue weighted by molar-refractivity contribution is -0.0660. The van der Waals surface area contributed by atoms with Crippen molar-refractivity contribution in [1.82, 2.24) is 14.9 Å². The minimum atomic E-state index is 0.503. The molecule has 2 fully saturated rings. The van der Waals surface area contributed by atoms with Crippen molar-refractivity contribution in [1.29, 1.82) is 5.26 Å². The minimum Gasteiger partial charge on any atom is -0.497 e. The number of aromatic nitrogens is 2. The number of rotatable bonds is 6. The predicted molar refractivity (Wildman–Crippen MR) is 127 cm³/mol. The number of ether oxygens (including phenoxy) is 2. The molecule has 0 bridgehead atoms. The van der Waals surface area contributed by atoms with Gasteiger partial charge in [0.15, 0.2) is 5.82 Å². The van der Waals surface area contributed by atoms with Gasteiger partial charge in [0.25, 0.3) is 0 Å². The molecule has 0 atom stereocenters.